The summed E-state index contributed by atoms with van der Waals surface area (Å²) in [4.78, 5) is 30.9. The van der Waals surface area contributed by atoms with Crippen LogP contribution in [0.1, 0.15) is 33.2 Å². The van der Waals surface area contributed by atoms with Crippen molar-refractivity contribution < 1.29 is 27.7 Å². The lowest BCUT2D eigenvalue weighted by molar-refractivity contribution is -0.388. The van der Waals surface area contributed by atoms with E-state index in [1.54, 1.807) is 0 Å². The van der Waals surface area contributed by atoms with Gasteiger partial charge in [-0.2, -0.15) is 13.2 Å². The molecule has 0 unspecified atom stereocenters. The Hall–Kier alpha value is -2.25. The second kappa shape index (κ2) is 4.55. The highest BCUT2D eigenvalue weighted by atomic mass is 19.4. The van der Waals surface area contributed by atoms with Gasteiger partial charge >= 0.3 is 6.18 Å². The maximum absolute atomic E-state index is 12.6. The zero-order valence-corrected chi connectivity index (χ0v) is 8.95. The number of hydrogen-bond donors (Lipinski definition) is 0. The molecule has 0 aliphatic heterocycles. The molecule has 0 aliphatic rings. The van der Waals surface area contributed by atoms with Gasteiger partial charge in [0.1, 0.15) is 5.56 Å². The first-order chi connectivity index (χ1) is 8.18. The molecule has 0 spiro atoms. The van der Waals surface area contributed by atoms with Crippen LogP contribution in [0.3, 0.4) is 0 Å². The lowest BCUT2D eigenvalue weighted by atomic mass is 10.00. The topological polar surface area (TPSA) is 77.3 Å². The van der Waals surface area contributed by atoms with Crippen molar-refractivity contribution in [2.45, 2.75) is 13.1 Å². The van der Waals surface area contributed by atoms with E-state index >= 15 is 0 Å². The molecule has 0 radical (unpaired) electrons. The van der Waals surface area contributed by atoms with Crippen LogP contribution in [0, 0.1) is 10.1 Å². The molecule has 1 aromatic rings. The van der Waals surface area contributed by atoms with Gasteiger partial charge in [-0.15, -0.1) is 0 Å². The molecule has 8 heteroatoms. The molecule has 96 valence electrons. The zero-order valence-electron chi connectivity index (χ0n) is 8.95. The van der Waals surface area contributed by atoms with E-state index in [1.165, 1.54) is 0 Å². The number of nitro benzene ring substituents is 1. The van der Waals surface area contributed by atoms with Crippen LogP contribution >= 0.6 is 0 Å². The number of hydrogen-bond acceptors (Lipinski definition) is 4. The highest BCUT2D eigenvalue weighted by Gasteiger charge is 2.41. The molecule has 0 bridgehead atoms. The summed E-state index contributed by atoms with van der Waals surface area (Å²) in [6.45, 7) is 1.03. The highest BCUT2D eigenvalue weighted by Crippen LogP contribution is 2.38. The average molecular weight is 261 g/mol. The fourth-order valence-electron chi connectivity index (χ4n) is 1.40. The van der Waals surface area contributed by atoms with Gasteiger partial charge in [0.2, 0.25) is 0 Å². The van der Waals surface area contributed by atoms with E-state index in [1.807, 2.05) is 0 Å². The molecular weight excluding hydrogens is 255 g/mol. The first kappa shape index (κ1) is 13.8. The number of carbonyl (C=O) groups is 2. The Balaban J connectivity index is 3.73. The third kappa shape index (κ3) is 2.53. The summed E-state index contributed by atoms with van der Waals surface area (Å²) in [6, 6.07) is 1.20. The maximum atomic E-state index is 12.6. The number of rotatable bonds is 3. The Morgan fingerprint density at radius 2 is 1.94 bits per heavy atom. The van der Waals surface area contributed by atoms with Crippen molar-refractivity contribution in [2.24, 2.45) is 0 Å². The number of aldehydes is 1. The van der Waals surface area contributed by atoms with Crippen molar-refractivity contribution in [1.82, 2.24) is 0 Å². The molecule has 0 amide bonds. The summed E-state index contributed by atoms with van der Waals surface area (Å²) in [7, 11) is 0. The van der Waals surface area contributed by atoms with Gasteiger partial charge in [0.25, 0.3) is 5.69 Å². The number of nitrogens with zero attached hydrogens (tertiary/aromatic N) is 1. The summed E-state index contributed by atoms with van der Waals surface area (Å²) in [5, 5.41) is 10.6. The summed E-state index contributed by atoms with van der Waals surface area (Å²) in [6.07, 6.45) is -5.21. The lowest BCUT2D eigenvalue weighted by Gasteiger charge is -2.10. The van der Waals surface area contributed by atoms with Crippen LogP contribution in [0.4, 0.5) is 18.9 Å². The Bertz CT molecular complexity index is 537. The first-order valence-corrected chi connectivity index (χ1v) is 4.54. The Labute approximate surface area is 98.4 Å². The molecule has 18 heavy (non-hydrogen) atoms. The number of nitro groups is 1. The Morgan fingerprint density at radius 1 is 1.39 bits per heavy atom. The van der Waals surface area contributed by atoms with Crippen LogP contribution in [0.15, 0.2) is 12.1 Å². The van der Waals surface area contributed by atoms with Crippen LogP contribution in [0.25, 0.3) is 0 Å². The first-order valence-electron chi connectivity index (χ1n) is 4.54. The summed E-state index contributed by atoms with van der Waals surface area (Å²) in [5.41, 5.74) is -4.21. The third-order valence-electron chi connectivity index (χ3n) is 2.16. The van der Waals surface area contributed by atoms with Gasteiger partial charge in [-0.1, -0.05) is 0 Å². The van der Waals surface area contributed by atoms with Crippen molar-refractivity contribution in [2.75, 3.05) is 0 Å². The maximum Gasteiger partial charge on any atom is 0.423 e. The predicted octanol–water partition coefficient (Wildman–Crippen LogP) is 2.63. The van der Waals surface area contributed by atoms with Gasteiger partial charge in [0.05, 0.1) is 4.92 Å². The molecule has 5 nitrogen and oxygen atoms in total. The molecule has 0 heterocycles. The molecule has 0 saturated carbocycles. The van der Waals surface area contributed by atoms with E-state index in [0.29, 0.717) is 12.1 Å². The Kier molecular flexibility index (Phi) is 3.49. The summed E-state index contributed by atoms with van der Waals surface area (Å²) in [5.74, 6) is -0.671. The third-order valence-corrected chi connectivity index (χ3v) is 2.16. The van der Waals surface area contributed by atoms with Crippen LogP contribution in [-0.2, 0) is 6.18 Å². The zero-order chi connectivity index (χ0) is 14.1. The number of halogens is 3. The number of benzene rings is 1. The van der Waals surface area contributed by atoms with E-state index in [4.69, 9.17) is 0 Å². The quantitative estimate of drug-likeness (QED) is 0.362. The molecule has 1 aromatic carbocycles. The molecular formula is C10H6F3NO4. The fraction of sp³-hybridized carbons (Fsp3) is 0.200. The highest BCUT2D eigenvalue weighted by molar-refractivity contribution is 5.97. The molecule has 0 aromatic heterocycles. The van der Waals surface area contributed by atoms with Gasteiger partial charge in [-0.3, -0.25) is 19.7 Å². The van der Waals surface area contributed by atoms with Gasteiger partial charge in [0, 0.05) is 17.2 Å². The van der Waals surface area contributed by atoms with E-state index in [0.717, 1.165) is 6.92 Å². The smallest absolute Gasteiger partial charge is 0.298 e. The van der Waals surface area contributed by atoms with Crippen molar-refractivity contribution in [3.63, 3.8) is 0 Å². The molecule has 0 atom stereocenters. The van der Waals surface area contributed by atoms with E-state index in [2.05, 4.69) is 0 Å². The standard InChI is InChI=1S/C10H6F3NO4/c1-5(16)6-2-7(4-15)9(10(11,12)13)8(3-6)14(17)18/h2-4H,1H3. The molecule has 0 fully saturated rings. The van der Waals surface area contributed by atoms with Crippen molar-refractivity contribution in [3.8, 4) is 0 Å². The number of carbonyl (C=O) groups excluding carboxylic acids is 2. The second-order valence-electron chi connectivity index (χ2n) is 3.39. The minimum absolute atomic E-state index is 0.164. The van der Waals surface area contributed by atoms with E-state index < -0.39 is 33.7 Å². The predicted molar refractivity (Wildman–Crippen MR) is 53.5 cm³/mol. The number of alkyl halides is 3. The van der Waals surface area contributed by atoms with Crippen LogP contribution < -0.4 is 0 Å². The van der Waals surface area contributed by atoms with Gasteiger partial charge in [-0.05, 0) is 13.0 Å². The van der Waals surface area contributed by atoms with E-state index in [9.17, 15) is 32.9 Å². The van der Waals surface area contributed by atoms with Crippen LogP contribution in [0.5, 0.6) is 0 Å². The van der Waals surface area contributed by atoms with Crippen molar-refractivity contribution in [3.05, 3.63) is 38.9 Å². The number of Topliss-reactive ketones (excluding diaryl/α,β-unsaturated/α-hetero) is 1. The van der Waals surface area contributed by atoms with Gasteiger partial charge in [-0.25, -0.2) is 0 Å². The molecule has 1 rings (SSSR count). The summed E-state index contributed by atoms with van der Waals surface area (Å²) < 4.78 is 37.9. The van der Waals surface area contributed by atoms with E-state index in [-0.39, 0.29) is 11.8 Å². The van der Waals surface area contributed by atoms with Gasteiger partial charge in [0.15, 0.2) is 12.1 Å². The molecule has 0 saturated heterocycles. The fourth-order valence-corrected chi connectivity index (χ4v) is 1.40. The second-order valence-corrected chi connectivity index (χ2v) is 3.39. The summed E-state index contributed by atoms with van der Waals surface area (Å²) >= 11 is 0. The largest absolute Gasteiger partial charge is 0.423 e. The normalized spacial score (nSPS) is 11.1. The van der Waals surface area contributed by atoms with Crippen molar-refractivity contribution >= 4 is 17.8 Å². The molecule has 0 aliphatic carbocycles. The van der Waals surface area contributed by atoms with Crippen LogP contribution in [0.2, 0.25) is 0 Å². The SMILES string of the molecule is CC(=O)c1cc(C=O)c(C(F)(F)F)c([N+](=O)[O-])c1. The van der Waals surface area contributed by atoms with Gasteiger partial charge < -0.3 is 0 Å². The molecule has 0 N–H and O–H groups in total. The lowest BCUT2D eigenvalue weighted by Crippen LogP contribution is -2.14. The Morgan fingerprint density at radius 3 is 2.28 bits per heavy atom. The van der Waals surface area contributed by atoms with Crippen molar-refractivity contribution in [1.29, 1.82) is 0 Å². The van der Waals surface area contributed by atoms with Crippen LogP contribution in [-0.4, -0.2) is 17.0 Å². The number of ketones is 1. The average Bonchev–Trinajstić information content (AvgIpc) is 2.25. The minimum Gasteiger partial charge on any atom is -0.298 e. The minimum atomic E-state index is -5.05. The monoisotopic (exact) mass is 261 g/mol.